The molecule has 2 heterocycles. The molecule has 1 aromatic heterocycles. The van der Waals surface area contributed by atoms with Crippen LogP contribution >= 0.6 is 23.1 Å². The molecule has 29 heavy (non-hydrogen) atoms. The van der Waals surface area contributed by atoms with Crippen molar-refractivity contribution in [3.8, 4) is 0 Å². The van der Waals surface area contributed by atoms with Crippen LogP contribution in [0.25, 0.3) is 0 Å². The Labute approximate surface area is 180 Å². The third-order valence-corrected chi connectivity index (χ3v) is 7.92. The number of hydrogen-bond acceptors (Lipinski definition) is 6. The minimum absolute atomic E-state index is 0.161. The molecule has 2 aromatic rings. The van der Waals surface area contributed by atoms with E-state index in [1.807, 2.05) is 6.07 Å². The zero-order chi connectivity index (χ0) is 20.7. The molecule has 6 nitrogen and oxygen atoms in total. The van der Waals surface area contributed by atoms with Crippen molar-refractivity contribution in [2.24, 2.45) is 4.99 Å². The molecule has 1 unspecified atom stereocenters. The van der Waals surface area contributed by atoms with E-state index in [-0.39, 0.29) is 16.6 Å². The van der Waals surface area contributed by atoms with E-state index in [4.69, 9.17) is 0 Å². The molecule has 1 aliphatic rings. The molecular weight excluding hydrogens is 426 g/mol. The maximum atomic E-state index is 12.7. The van der Waals surface area contributed by atoms with Crippen LogP contribution in [0.5, 0.6) is 0 Å². The normalized spacial score (nSPS) is 16.9. The fourth-order valence-corrected chi connectivity index (χ4v) is 5.91. The third-order valence-electron chi connectivity index (χ3n) is 4.45. The summed E-state index contributed by atoms with van der Waals surface area (Å²) in [6.07, 6.45) is 2.36. The Bertz CT molecular complexity index is 956. The number of carbonyl (C=O) groups is 1. The average molecular weight is 452 g/mol. The molecule has 0 radical (unpaired) electrons. The van der Waals surface area contributed by atoms with Crippen LogP contribution in [0.1, 0.15) is 36.6 Å². The number of fused-ring (bicyclic) bond motifs is 1. The van der Waals surface area contributed by atoms with E-state index in [9.17, 15) is 13.2 Å². The van der Waals surface area contributed by atoms with Crippen molar-refractivity contribution in [1.29, 1.82) is 0 Å². The monoisotopic (exact) mass is 451 g/mol. The molecule has 0 saturated heterocycles. The molecule has 1 aliphatic heterocycles. The second kappa shape index (κ2) is 10.3. The van der Waals surface area contributed by atoms with Crippen LogP contribution < -0.4 is 10.0 Å². The van der Waals surface area contributed by atoms with Gasteiger partial charge in [-0.2, -0.15) is 11.8 Å². The topological polar surface area (TPSA) is 87.6 Å². The Balaban J connectivity index is 1.62. The highest BCUT2D eigenvalue weighted by Crippen LogP contribution is 2.23. The van der Waals surface area contributed by atoms with Gasteiger partial charge in [-0.1, -0.05) is 38.0 Å². The van der Waals surface area contributed by atoms with Crippen LogP contribution in [-0.2, 0) is 20.6 Å². The number of carbonyl (C=O) groups excluding carboxylic acids is 1. The Kier molecular flexibility index (Phi) is 7.74. The van der Waals surface area contributed by atoms with E-state index in [0.29, 0.717) is 18.5 Å². The lowest BCUT2D eigenvalue weighted by molar-refractivity contribution is -0.122. The van der Waals surface area contributed by atoms with Crippen LogP contribution in [0.2, 0.25) is 0 Å². The highest BCUT2D eigenvalue weighted by atomic mass is 32.2. The van der Waals surface area contributed by atoms with Gasteiger partial charge in [0.2, 0.25) is 5.91 Å². The number of thiophene rings is 1. The fraction of sp³-hybridized carbons (Fsp3) is 0.400. The lowest BCUT2D eigenvalue weighted by Gasteiger charge is -2.14. The Hall–Kier alpha value is -1.84. The average Bonchev–Trinajstić information content (AvgIpc) is 3.31. The molecular formula is C20H25N3O3S3. The van der Waals surface area contributed by atoms with Gasteiger partial charge in [-0.05, 0) is 30.0 Å². The summed E-state index contributed by atoms with van der Waals surface area (Å²) in [6.45, 7) is 2.61. The van der Waals surface area contributed by atoms with Gasteiger partial charge in [0, 0.05) is 28.5 Å². The predicted molar refractivity (Wildman–Crippen MR) is 120 cm³/mol. The first-order valence-corrected chi connectivity index (χ1v) is 13.1. The van der Waals surface area contributed by atoms with E-state index in [0.717, 1.165) is 24.3 Å². The van der Waals surface area contributed by atoms with Crippen LogP contribution in [-0.4, -0.2) is 38.5 Å². The molecule has 0 spiro atoms. The molecule has 0 fully saturated rings. The van der Waals surface area contributed by atoms with Crippen molar-refractivity contribution in [2.75, 3.05) is 12.3 Å². The predicted octanol–water partition coefficient (Wildman–Crippen LogP) is 3.40. The molecule has 1 atom stereocenters. The number of nitrogens with zero attached hydrogens (tertiary/aromatic N) is 1. The lowest BCUT2D eigenvalue weighted by atomic mass is 10.1. The molecule has 1 amide bonds. The van der Waals surface area contributed by atoms with Gasteiger partial charge in [0.15, 0.2) is 0 Å². The Morgan fingerprint density at radius 2 is 2.10 bits per heavy atom. The summed E-state index contributed by atoms with van der Waals surface area (Å²) in [5.41, 5.74) is 0.522. The lowest BCUT2D eigenvalue weighted by Crippen LogP contribution is -2.36. The molecule has 9 heteroatoms. The molecule has 0 saturated carbocycles. The number of hydrogen-bond donors (Lipinski definition) is 2. The first-order chi connectivity index (χ1) is 14.0. The van der Waals surface area contributed by atoms with Crippen molar-refractivity contribution < 1.29 is 13.2 Å². The summed E-state index contributed by atoms with van der Waals surface area (Å²) in [5, 5.41) is 5.01. The van der Waals surface area contributed by atoms with Crippen molar-refractivity contribution in [3.63, 3.8) is 0 Å². The Morgan fingerprint density at radius 3 is 2.86 bits per heavy atom. The minimum atomic E-state index is -3.61. The van der Waals surface area contributed by atoms with Crippen molar-refractivity contribution >= 4 is 44.9 Å². The molecule has 0 aliphatic carbocycles. The quantitative estimate of drug-likeness (QED) is 0.542. The number of sulfonamides is 1. The van der Waals surface area contributed by atoms with Crippen LogP contribution in [0.3, 0.4) is 0 Å². The van der Waals surface area contributed by atoms with E-state index < -0.39 is 16.1 Å². The largest absolute Gasteiger partial charge is 0.353 e. The van der Waals surface area contributed by atoms with E-state index >= 15 is 0 Å². The smallest absolute Gasteiger partial charge is 0.263 e. The van der Waals surface area contributed by atoms with Gasteiger partial charge < -0.3 is 5.32 Å². The highest BCUT2D eigenvalue weighted by molar-refractivity contribution is 7.98. The second-order valence-electron chi connectivity index (χ2n) is 6.66. The summed E-state index contributed by atoms with van der Waals surface area (Å²) in [4.78, 5) is 18.7. The van der Waals surface area contributed by atoms with Gasteiger partial charge >= 0.3 is 0 Å². The minimum Gasteiger partial charge on any atom is -0.353 e. The number of nitrogens with one attached hydrogen (secondary N) is 2. The van der Waals surface area contributed by atoms with Gasteiger partial charge in [0.25, 0.3) is 10.0 Å². The maximum absolute atomic E-state index is 12.7. The number of rotatable bonds is 10. The first kappa shape index (κ1) is 21.9. The fourth-order valence-electron chi connectivity index (χ4n) is 2.97. The number of benzene rings is 1. The molecule has 1 aromatic carbocycles. The van der Waals surface area contributed by atoms with Gasteiger partial charge in [0.05, 0.1) is 4.90 Å². The van der Waals surface area contributed by atoms with Crippen LogP contribution in [0.4, 0.5) is 0 Å². The van der Waals surface area contributed by atoms with Crippen molar-refractivity contribution in [2.45, 2.75) is 42.9 Å². The second-order valence-corrected chi connectivity index (χ2v) is 10.4. The summed E-state index contributed by atoms with van der Waals surface area (Å²) < 4.78 is 27.0. The first-order valence-electron chi connectivity index (χ1n) is 9.59. The van der Waals surface area contributed by atoms with Gasteiger partial charge in [-0.25, -0.2) is 8.42 Å². The highest BCUT2D eigenvalue weighted by Gasteiger charge is 2.31. The Morgan fingerprint density at radius 1 is 1.28 bits per heavy atom. The number of amidine groups is 1. The van der Waals surface area contributed by atoms with Gasteiger partial charge in [-0.3, -0.25) is 14.5 Å². The number of amides is 1. The summed E-state index contributed by atoms with van der Waals surface area (Å²) >= 11 is 3.51. The van der Waals surface area contributed by atoms with E-state index in [2.05, 4.69) is 33.4 Å². The zero-order valence-corrected chi connectivity index (χ0v) is 18.7. The van der Waals surface area contributed by atoms with Crippen molar-refractivity contribution in [3.05, 3.63) is 52.2 Å². The van der Waals surface area contributed by atoms with Crippen molar-refractivity contribution in [1.82, 2.24) is 10.0 Å². The summed E-state index contributed by atoms with van der Waals surface area (Å²) in [7, 11) is -3.61. The molecule has 0 bridgehead atoms. The molecule has 156 valence electrons. The standard InChI is InChI=1S/C20H25N3O3S3/c1-2-3-9-17(20(24)21-11-13-27-14-15-7-6-12-28-15)22-19-16-8-4-5-10-18(16)29(25,26)23-19/h4-8,10,12,17H,2-3,9,11,13-14H2,1H3,(H,21,24)(H,22,23). The summed E-state index contributed by atoms with van der Waals surface area (Å²) in [5.74, 6) is 1.85. The van der Waals surface area contributed by atoms with E-state index in [1.165, 1.54) is 4.88 Å². The number of thioether (sulfide) groups is 1. The molecule has 3 rings (SSSR count). The van der Waals surface area contributed by atoms with Gasteiger partial charge in [-0.15, -0.1) is 11.3 Å². The van der Waals surface area contributed by atoms with Gasteiger partial charge in [0.1, 0.15) is 11.9 Å². The molecule has 2 N–H and O–H groups in total. The third kappa shape index (κ3) is 5.83. The number of unbranched alkanes of at least 4 members (excludes halogenated alkanes) is 1. The maximum Gasteiger partial charge on any atom is 0.263 e. The zero-order valence-electron chi connectivity index (χ0n) is 16.3. The van der Waals surface area contributed by atoms with E-state index in [1.54, 1.807) is 47.4 Å². The number of aliphatic imine (C=N–C) groups is 1. The van der Waals surface area contributed by atoms with Crippen LogP contribution in [0.15, 0.2) is 51.7 Å². The SMILES string of the molecule is CCCCC(N=C1NS(=O)(=O)c2ccccc21)C(=O)NCCSCc1cccs1. The summed E-state index contributed by atoms with van der Waals surface area (Å²) in [6, 6.07) is 10.2. The van der Waals surface area contributed by atoms with Crippen LogP contribution in [0, 0.1) is 0 Å².